The van der Waals surface area contributed by atoms with Crippen molar-refractivity contribution >= 4 is 34.8 Å². The van der Waals surface area contributed by atoms with Crippen LogP contribution in [0.25, 0.3) is 0 Å². The number of nitrogens with zero attached hydrogens (tertiary/aromatic N) is 2. The number of fused-ring (bicyclic) bond motifs is 1. The summed E-state index contributed by atoms with van der Waals surface area (Å²) in [6, 6.07) is 29.3. The number of amides is 3. The lowest BCUT2D eigenvalue weighted by molar-refractivity contribution is -0.120. The van der Waals surface area contributed by atoms with E-state index >= 15 is 0 Å². The summed E-state index contributed by atoms with van der Waals surface area (Å²) in [5, 5.41) is 5.56. The summed E-state index contributed by atoms with van der Waals surface area (Å²) in [6.45, 7) is 5.56. The van der Waals surface area contributed by atoms with Crippen molar-refractivity contribution in [3.05, 3.63) is 130 Å². The number of urea groups is 1. The van der Waals surface area contributed by atoms with Crippen molar-refractivity contribution in [1.82, 2.24) is 5.32 Å². The van der Waals surface area contributed by atoms with Gasteiger partial charge in [-0.15, -0.1) is 0 Å². The Balaban J connectivity index is 1.54. The van der Waals surface area contributed by atoms with Gasteiger partial charge in [-0.05, 0) is 55.7 Å². The highest BCUT2D eigenvalue weighted by molar-refractivity contribution is 6.21. The minimum atomic E-state index is -1.27. The third-order valence-electron chi connectivity index (χ3n) is 6.75. The van der Waals surface area contributed by atoms with E-state index in [9.17, 15) is 14.4 Å². The third-order valence-corrected chi connectivity index (χ3v) is 6.75. The summed E-state index contributed by atoms with van der Waals surface area (Å²) in [5.41, 5.74) is 6.56. The number of ketones is 1. The monoisotopic (exact) mass is 530 g/mol. The van der Waals surface area contributed by atoms with Crippen LogP contribution in [0.2, 0.25) is 0 Å². The molecule has 4 aromatic rings. The Labute approximate surface area is 233 Å². The predicted molar refractivity (Wildman–Crippen MR) is 158 cm³/mol. The Morgan fingerprint density at radius 1 is 0.825 bits per heavy atom. The van der Waals surface area contributed by atoms with Crippen molar-refractivity contribution in [2.24, 2.45) is 4.99 Å². The molecule has 7 heteroatoms. The topological polar surface area (TPSA) is 90.9 Å². The Morgan fingerprint density at radius 2 is 1.48 bits per heavy atom. The number of carbonyl (C=O) groups is 3. The summed E-state index contributed by atoms with van der Waals surface area (Å²) < 4.78 is 0. The van der Waals surface area contributed by atoms with Crippen LogP contribution in [0.1, 0.15) is 38.2 Å². The van der Waals surface area contributed by atoms with Gasteiger partial charge in [0.05, 0.1) is 17.9 Å². The van der Waals surface area contributed by atoms with E-state index in [1.165, 1.54) is 4.90 Å². The van der Waals surface area contributed by atoms with Crippen LogP contribution in [-0.2, 0) is 4.79 Å². The molecule has 1 atom stereocenters. The van der Waals surface area contributed by atoms with Crippen molar-refractivity contribution in [2.45, 2.75) is 26.9 Å². The van der Waals surface area contributed by atoms with E-state index in [0.717, 1.165) is 22.3 Å². The fraction of sp³-hybridized carbons (Fsp3) is 0.152. The number of rotatable bonds is 6. The fourth-order valence-corrected chi connectivity index (χ4v) is 4.97. The largest absolute Gasteiger partial charge is 0.321 e. The number of hydrogen-bond donors (Lipinski definition) is 2. The predicted octanol–water partition coefficient (Wildman–Crippen LogP) is 5.83. The van der Waals surface area contributed by atoms with Crippen molar-refractivity contribution in [3.8, 4) is 0 Å². The Bertz CT molecular complexity index is 1610. The van der Waals surface area contributed by atoms with Gasteiger partial charge in [0.2, 0.25) is 6.17 Å². The van der Waals surface area contributed by atoms with Gasteiger partial charge in [-0.1, -0.05) is 78.9 Å². The number of para-hydroxylation sites is 1. The van der Waals surface area contributed by atoms with E-state index in [4.69, 9.17) is 4.99 Å². The zero-order chi connectivity index (χ0) is 28.2. The molecule has 0 aliphatic carbocycles. The standard InChI is InChI=1S/C33H30N4O3/c1-21-17-22(2)19-25(18-21)34-33(40)36-31-32(39)37(20-29(38)26-14-8-7-11-23(26)3)28-16-10-9-15-27(28)30(35-31)24-12-5-4-6-13-24/h4-19,31H,20H2,1-3H3,(H2,34,36,40)/t31-/m1/s1. The molecule has 1 heterocycles. The molecule has 0 unspecified atom stereocenters. The van der Waals surface area contributed by atoms with Gasteiger partial charge in [-0.2, -0.15) is 0 Å². The van der Waals surface area contributed by atoms with Gasteiger partial charge in [0.1, 0.15) is 0 Å². The Kier molecular flexibility index (Phi) is 7.55. The first-order valence-corrected chi connectivity index (χ1v) is 13.1. The molecule has 4 aromatic carbocycles. The van der Waals surface area contributed by atoms with Gasteiger partial charge in [0.25, 0.3) is 5.91 Å². The number of benzodiazepines with no additional fused rings is 1. The normalized spacial score (nSPS) is 14.6. The molecule has 0 aromatic heterocycles. The second kappa shape index (κ2) is 11.4. The first-order valence-electron chi connectivity index (χ1n) is 13.1. The minimum Gasteiger partial charge on any atom is -0.308 e. The van der Waals surface area contributed by atoms with Crippen LogP contribution in [-0.4, -0.2) is 36.1 Å². The second-order valence-corrected chi connectivity index (χ2v) is 9.90. The number of benzene rings is 4. The summed E-state index contributed by atoms with van der Waals surface area (Å²) in [7, 11) is 0. The molecule has 1 aliphatic rings. The van der Waals surface area contributed by atoms with Crippen LogP contribution >= 0.6 is 0 Å². The van der Waals surface area contributed by atoms with E-state index in [2.05, 4.69) is 10.6 Å². The summed E-state index contributed by atoms with van der Waals surface area (Å²) in [5.74, 6) is -0.710. The van der Waals surface area contributed by atoms with Crippen LogP contribution in [0.5, 0.6) is 0 Å². The van der Waals surface area contributed by atoms with Gasteiger partial charge >= 0.3 is 6.03 Å². The molecule has 0 fully saturated rings. The molecule has 0 radical (unpaired) electrons. The Morgan fingerprint density at radius 3 is 2.20 bits per heavy atom. The lowest BCUT2D eigenvalue weighted by atomic mass is 9.99. The highest BCUT2D eigenvalue weighted by atomic mass is 16.2. The van der Waals surface area contributed by atoms with E-state index in [1.807, 2.05) is 99.6 Å². The lowest BCUT2D eigenvalue weighted by Crippen LogP contribution is -2.50. The molecule has 200 valence electrons. The molecule has 40 heavy (non-hydrogen) atoms. The molecule has 0 saturated heterocycles. The number of nitrogens with one attached hydrogen (secondary N) is 2. The van der Waals surface area contributed by atoms with Crippen LogP contribution in [0, 0.1) is 20.8 Å². The minimum absolute atomic E-state index is 0.199. The van der Waals surface area contributed by atoms with Gasteiger partial charge in [0, 0.05) is 22.4 Å². The van der Waals surface area contributed by atoms with Crippen molar-refractivity contribution < 1.29 is 14.4 Å². The van der Waals surface area contributed by atoms with Crippen molar-refractivity contribution in [3.63, 3.8) is 0 Å². The van der Waals surface area contributed by atoms with Crippen molar-refractivity contribution in [1.29, 1.82) is 0 Å². The van der Waals surface area contributed by atoms with E-state index in [1.54, 1.807) is 18.2 Å². The fourth-order valence-electron chi connectivity index (χ4n) is 4.97. The van der Waals surface area contributed by atoms with Gasteiger partial charge in [-0.3, -0.25) is 9.59 Å². The van der Waals surface area contributed by atoms with Gasteiger partial charge < -0.3 is 15.5 Å². The molecule has 2 N–H and O–H groups in total. The average Bonchev–Trinajstić information content (AvgIpc) is 3.04. The zero-order valence-corrected chi connectivity index (χ0v) is 22.6. The molecular weight excluding hydrogens is 500 g/mol. The molecular formula is C33H30N4O3. The summed E-state index contributed by atoms with van der Waals surface area (Å²) in [6.07, 6.45) is -1.27. The van der Waals surface area contributed by atoms with E-state index in [0.29, 0.717) is 28.2 Å². The highest BCUT2D eigenvalue weighted by Crippen LogP contribution is 2.29. The van der Waals surface area contributed by atoms with Crippen LogP contribution in [0.15, 0.2) is 102 Å². The summed E-state index contributed by atoms with van der Waals surface area (Å²) >= 11 is 0. The highest BCUT2D eigenvalue weighted by Gasteiger charge is 2.34. The van der Waals surface area contributed by atoms with Gasteiger partial charge in [-0.25, -0.2) is 9.79 Å². The molecule has 5 rings (SSSR count). The molecule has 3 amide bonds. The maximum Gasteiger partial charge on any atom is 0.321 e. The number of carbonyl (C=O) groups excluding carboxylic acids is 3. The Hall–Kier alpha value is -5.04. The zero-order valence-electron chi connectivity index (χ0n) is 22.6. The van der Waals surface area contributed by atoms with Crippen LogP contribution in [0.4, 0.5) is 16.2 Å². The number of hydrogen-bond acceptors (Lipinski definition) is 4. The van der Waals surface area contributed by atoms with Crippen LogP contribution < -0.4 is 15.5 Å². The number of Topliss-reactive ketones (excluding diaryl/α,β-unsaturated/α-hetero) is 1. The average molecular weight is 531 g/mol. The SMILES string of the molecule is Cc1cc(C)cc(NC(=O)N[C@H]2N=C(c3ccccc3)c3ccccc3N(CC(=O)c3ccccc3C)C2=O)c1. The second-order valence-electron chi connectivity index (χ2n) is 9.90. The number of aryl methyl sites for hydroxylation is 3. The molecule has 0 saturated carbocycles. The molecule has 1 aliphatic heterocycles. The van der Waals surface area contributed by atoms with E-state index < -0.39 is 18.1 Å². The number of anilines is 2. The first-order chi connectivity index (χ1) is 19.3. The van der Waals surface area contributed by atoms with Crippen molar-refractivity contribution in [2.75, 3.05) is 16.8 Å². The maximum absolute atomic E-state index is 14.1. The van der Waals surface area contributed by atoms with Crippen LogP contribution in [0.3, 0.4) is 0 Å². The quantitative estimate of drug-likeness (QED) is 0.308. The molecule has 0 bridgehead atoms. The molecule has 0 spiro atoms. The first kappa shape index (κ1) is 26.6. The third kappa shape index (κ3) is 5.68. The maximum atomic E-state index is 14.1. The number of aliphatic imine (C=N–C) groups is 1. The van der Waals surface area contributed by atoms with E-state index in [-0.39, 0.29) is 12.3 Å². The molecule has 7 nitrogen and oxygen atoms in total. The smallest absolute Gasteiger partial charge is 0.308 e. The lowest BCUT2D eigenvalue weighted by Gasteiger charge is -2.25. The summed E-state index contributed by atoms with van der Waals surface area (Å²) in [4.78, 5) is 46.9. The van der Waals surface area contributed by atoms with Gasteiger partial charge in [0.15, 0.2) is 5.78 Å².